The summed E-state index contributed by atoms with van der Waals surface area (Å²) < 4.78 is 1.09. The number of fused-ring (bicyclic) bond motifs is 1. The Kier molecular flexibility index (Phi) is 8.03. The Morgan fingerprint density at radius 2 is 1.79 bits per heavy atom. The maximum atomic E-state index is 11.2. The molecule has 1 N–H and O–H groups in total. The van der Waals surface area contributed by atoms with Crippen molar-refractivity contribution in [1.29, 1.82) is 0 Å². The van der Waals surface area contributed by atoms with Crippen LogP contribution in [0.1, 0.15) is 51.2 Å². The Labute approximate surface area is 180 Å². The number of benzene rings is 1. The molecule has 2 aromatic heterocycles. The smallest absolute Gasteiger partial charge is 0.0924 e. The first-order chi connectivity index (χ1) is 13.6. The van der Waals surface area contributed by atoms with Gasteiger partial charge in [-0.05, 0) is 71.7 Å². The first-order valence-corrected chi connectivity index (χ1v) is 11.8. The van der Waals surface area contributed by atoms with Crippen LogP contribution in [0.2, 0.25) is 0 Å². The highest BCUT2D eigenvalue weighted by atomic mass is 79.9. The van der Waals surface area contributed by atoms with E-state index in [1.165, 1.54) is 25.7 Å². The Balaban J connectivity index is 1.93. The van der Waals surface area contributed by atoms with Gasteiger partial charge in [0.1, 0.15) is 0 Å². The Morgan fingerprint density at radius 1 is 1.07 bits per heavy atom. The molecule has 2 heterocycles. The fourth-order valence-corrected chi connectivity index (χ4v) is 4.80. The van der Waals surface area contributed by atoms with E-state index in [1.807, 2.05) is 24.3 Å². The summed E-state index contributed by atoms with van der Waals surface area (Å²) in [7, 11) is 0. The van der Waals surface area contributed by atoms with E-state index in [0.29, 0.717) is 6.54 Å². The average molecular weight is 461 g/mol. The zero-order chi connectivity index (χ0) is 19.9. The summed E-state index contributed by atoms with van der Waals surface area (Å²) in [6.07, 6.45) is 4.16. The van der Waals surface area contributed by atoms with Crippen molar-refractivity contribution >= 4 is 38.2 Å². The van der Waals surface area contributed by atoms with Crippen LogP contribution < -0.4 is 0 Å². The number of halogens is 1. The van der Waals surface area contributed by atoms with E-state index in [4.69, 9.17) is 4.98 Å². The normalized spacial score (nSPS) is 12.8. The fraction of sp³-hybridized carbons (Fsp3) is 0.435. The molecule has 0 bridgehead atoms. The van der Waals surface area contributed by atoms with Gasteiger partial charge in [-0.25, -0.2) is 4.98 Å². The lowest BCUT2D eigenvalue weighted by molar-refractivity contribution is 0.112. The van der Waals surface area contributed by atoms with Gasteiger partial charge in [-0.1, -0.05) is 44.9 Å². The molecule has 0 saturated heterocycles. The van der Waals surface area contributed by atoms with Crippen molar-refractivity contribution in [2.75, 3.05) is 19.6 Å². The monoisotopic (exact) mass is 460 g/mol. The third kappa shape index (κ3) is 5.41. The number of unbranched alkanes of at least 4 members (excludes halogenated alkanes) is 2. The molecule has 0 fully saturated rings. The summed E-state index contributed by atoms with van der Waals surface area (Å²) in [5, 5.41) is 12.2. The van der Waals surface area contributed by atoms with Crippen molar-refractivity contribution in [3.8, 4) is 10.6 Å². The Bertz CT molecular complexity index is 887. The van der Waals surface area contributed by atoms with Crippen molar-refractivity contribution in [3.05, 3.63) is 51.8 Å². The number of hydrogen-bond donors (Lipinski definition) is 1. The second-order valence-corrected chi connectivity index (χ2v) is 9.70. The first kappa shape index (κ1) is 21.4. The van der Waals surface area contributed by atoms with Crippen molar-refractivity contribution in [3.63, 3.8) is 0 Å². The average Bonchev–Trinajstić information content (AvgIpc) is 3.15. The topological polar surface area (TPSA) is 36.4 Å². The SMILES string of the molecule is CCCCN(CCCC)CC(O)c1cc(-c2ccc(Br)s2)nc2ccccc12. The van der Waals surface area contributed by atoms with Gasteiger partial charge in [-0.15, -0.1) is 11.3 Å². The minimum Gasteiger partial charge on any atom is -0.387 e. The van der Waals surface area contributed by atoms with Crippen LogP contribution in [0.25, 0.3) is 21.5 Å². The molecule has 0 saturated carbocycles. The quantitative estimate of drug-likeness (QED) is 0.367. The third-order valence-corrected chi connectivity index (χ3v) is 6.67. The van der Waals surface area contributed by atoms with Crippen LogP contribution in [0.4, 0.5) is 0 Å². The van der Waals surface area contributed by atoms with Crippen LogP contribution in [0.15, 0.2) is 46.3 Å². The van der Waals surface area contributed by atoms with Gasteiger partial charge in [-0.2, -0.15) is 0 Å². The molecular formula is C23H29BrN2OS. The molecule has 1 aromatic carbocycles. The second kappa shape index (κ2) is 10.5. The molecule has 0 radical (unpaired) electrons. The number of hydrogen-bond acceptors (Lipinski definition) is 4. The van der Waals surface area contributed by atoms with E-state index in [0.717, 1.165) is 43.9 Å². The van der Waals surface area contributed by atoms with Crippen molar-refractivity contribution in [1.82, 2.24) is 9.88 Å². The van der Waals surface area contributed by atoms with Crippen LogP contribution in [-0.2, 0) is 0 Å². The van der Waals surface area contributed by atoms with Crippen molar-refractivity contribution < 1.29 is 5.11 Å². The molecular weight excluding hydrogens is 432 g/mol. The molecule has 3 nitrogen and oxygen atoms in total. The zero-order valence-corrected chi connectivity index (χ0v) is 19.1. The molecule has 5 heteroatoms. The van der Waals surface area contributed by atoms with Crippen LogP contribution in [0.3, 0.4) is 0 Å². The lowest BCUT2D eigenvalue weighted by Crippen LogP contribution is -2.31. The van der Waals surface area contributed by atoms with E-state index in [9.17, 15) is 5.11 Å². The van der Waals surface area contributed by atoms with Crippen LogP contribution in [0.5, 0.6) is 0 Å². The predicted molar refractivity (Wildman–Crippen MR) is 124 cm³/mol. The molecule has 1 unspecified atom stereocenters. The summed E-state index contributed by atoms with van der Waals surface area (Å²) in [5.41, 5.74) is 2.84. The maximum Gasteiger partial charge on any atom is 0.0924 e. The molecule has 0 aliphatic heterocycles. The standard InChI is InChI=1S/C23H29BrN2OS/c1-3-5-13-26(14-6-4-2)16-21(27)18-15-20(22-11-12-23(24)28-22)25-19-10-8-7-9-17(18)19/h7-12,15,21,27H,3-6,13-14,16H2,1-2H3. The Morgan fingerprint density at radius 3 is 2.43 bits per heavy atom. The summed E-state index contributed by atoms with van der Waals surface area (Å²) in [4.78, 5) is 8.37. The van der Waals surface area contributed by atoms with Gasteiger partial charge in [0.15, 0.2) is 0 Å². The van der Waals surface area contributed by atoms with E-state index in [1.54, 1.807) is 11.3 Å². The number of para-hydroxylation sites is 1. The van der Waals surface area contributed by atoms with Gasteiger partial charge in [0.25, 0.3) is 0 Å². The van der Waals surface area contributed by atoms with Gasteiger partial charge in [-0.3, -0.25) is 0 Å². The molecule has 0 aliphatic carbocycles. The van der Waals surface area contributed by atoms with Gasteiger partial charge in [0.05, 0.1) is 26.0 Å². The molecule has 3 aromatic rings. The van der Waals surface area contributed by atoms with Crippen LogP contribution >= 0.6 is 27.3 Å². The summed E-state index contributed by atoms with van der Waals surface area (Å²) in [6, 6.07) is 14.3. The minimum atomic E-state index is -0.524. The van der Waals surface area contributed by atoms with Crippen molar-refractivity contribution in [2.45, 2.75) is 45.6 Å². The summed E-state index contributed by atoms with van der Waals surface area (Å²) in [6.45, 7) is 7.19. The summed E-state index contributed by atoms with van der Waals surface area (Å²) in [5.74, 6) is 0. The lowest BCUT2D eigenvalue weighted by Gasteiger charge is -2.26. The van der Waals surface area contributed by atoms with Crippen LogP contribution in [-0.4, -0.2) is 34.6 Å². The number of thiophene rings is 1. The number of aromatic nitrogens is 1. The molecule has 0 aliphatic rings. The molecule has 0 spiro atoms. The predicted octanol–water partition coefficient (Wildman–Crippen LogP) is 6.66. The highest BCUT2D eigenvalue weighted by Gasteiger charge is 2.18. The van der Waals surface area contributed by atoms with Gasteiger partial charge >= 0.3 is 0 Å². The minimum absolute atomic E-state index is 0.524. The zero-order valence-electron chi connectivity index (χ0n) is 16.7. The van der Waals surface area contributed by atoms with Crippen LogP contribution in [0, 0.1) is 0 Å². The number of aliphatic hydroxyl groups excluding tert-OH is 1. The van der Waals surface area contributed by atoms with Gasteiger partial charge < -0.3 is 10.0 Å². The number of pyridine rings is 1. The Hall–Kier alpha value is -1.27. The maximum absolute atomic E-state index is 11.2. The van der Waals surface area contributed by atoms with E-state index >= 15 is 0 Å². The first-order valence-electron chi connectivity index (χ1n) is 10.2. The lowest BCUT2D eigenvalue weighted by atomic mass is 10.0. The highest BCUT2D eigenvalue weighted by Crippen LogP contribution is 2.34. The van der Waals surface area contributed by atoms with E-state index < -0.39 is 6.10 Å². The fourth-order valence-electron chi connectivity index (χ4n) is 3.46. The molecule has 1 atom stereocenters. The summed E-state index contributed by atoms with van der Waals surface area (Å²) >= 11 is 5.21. The molecule has 28 heavy (non-hydrogen) atoms. The molecule has 150 valence electrons. The van der Waals surface area contributed by atoms with E-state index in [2.05, 4.69) is 52.9 Å². The molecule has 3 rings (SSSR count). The van der Waals surface area contributed by atoms with Gasteiger partial charge in [0.2, 0.25) is 0 Å². The molecule has 0 amide bonds. The largest absolute Gasteiger partial charge is 0.387 e. The highest BCUT2D eigenvalue weighted by molar-refractivity contribution is 9.11. The third-order valence-electron chi connectivity index (χ3n) is 5.02. The van der Waals surface area contributed by atoms with E-state index in [-0.39, 0.29) is 0 Å². The van der Waals surface area contributed by atoms with Gasteiger partial charge in [0, 0.05) is 11.9 Å². The number of aliphatic hydroxyl groups is 1. The number of rotatable bonds is 10. The second-order valence-electron chi connectivity index (χ2n) is 7.24. The van der Waals surface area contributed by atoms with Crippen molar-refractivity contribution in [2.24, 2.45) is 0 Å². The number of nitrogens with zero attached hydrogens (tertiary/aromatic N) is 2.